The van der Waals surface area contributed by atoms with Gasteiger partial charge in [0.1, 0.15) is 0 Å². The van der Waals surface area contributed by atoms with Crippen molar-refractivity contribution in [3.63, 3.8) is 0 Å². The summed E-state index contributed by atoms with van der Waals surface area (Å²) in [7, 11) is 3.15. The molecule has 2 N–H and O–H groups in total. The van der Waals surface area contributed by atoms with Crippen molar-refractivity contribution in [3.05, 3.63) is 34.1 Å². The fourth-order valence-corrected chi connectivity index (χ4v) is 6.46. The van der Waals surface area contributed by atoms with Crippen molar-refractivity contribution in [1.82, 2.24) is 10.3 Å². The van der Waals surface area contributed by atoms with Crippen LogP contribution in [0.3, 0.4) is 0 Å². The van der Waals surface area contributed by atoms with Crippen molar-refractivity contribution in [2.75, 3.05) is 14.2 Å². The Bertz CT molecular complexity index is 990. The summed E-state index contributed by atoms with van der Waals surface area (Å²) in [6.07, 6.45) is 6.99. The van der Waals surface area contributed by atoms with Gasteiger partial charge in [0.2, 0.25) is 5.91 Å². The zero-order chi connectivity index (χ0) is 20.2. The van der Waals surface area contributed by atoms with Gasteiger partial charge in [0, 0.05) is 29.0 Å². The normalized spacial score (nSPS) is 29.8. The molecule has 4 saturated carbocycles. The lowest BCUT2D eigenvalue weighted by Gasteiger charge is -2.55. The van der Waals surface area contributed by atoms with Crippen LogP contribution in [0.4, 0.5) is 0 Å². The molecule has 1 heterocycles. The molecule has 6 nitrogen and oxygen atoms in total. The number of hydrogen-bond donors (Lipinski definition) is 2. The van der Waals surface area contributed by atoms with E-state index in [-0.39, 0.29) is 23.4 Å². The Kier molecular flexibility index (Phi) is 4.33. The lowest BCUT2D eigenvalue weighted by molar-refractivity contribution is -0.146. The molecule has 1 aromatic heterocycles. The maximum absolute atomic E-state index is 13.2. The van der Waals surface area contributed by atoms with Crippen LogP contribution < -0.4 is 20.3 Å². The van der Waals surface area contributed by atoms with E-state index in [1.54, 1.807) is 20.3 Å². The van der Waals surface area contributed by atoms with Crippen LogP contribution in [0.5, 0.6) is 11.5 Å². The van der Waals surface area contributed by atoms with Crippen LogP contribution in [-0.2, 0) is 11.3 Å². The highest BCUT2D eigenvalue weighted by Gasteiger charge is 2.54. The van der Waals surface area contributed by atoms with Gasteiger partial charge in [-0.1, -0.05) is 0 Å². The Balaban J connectivity index is 1.37. The first-order chi connectivity index (χ1) is 14.0. The summed E-state index contributed by atoms with van der Waals surface area (Å²) < 4.78 is 10.7. The van der Waals surface area contributed by atoms with E-state index in [4.69, 9.17) is 9.47 Å². The number of methoxy groups -OCH3 is 2. The predicted molar refractivity (Wildman–Crippen MR) is 110 cm³/mol. The lowest BCUT2D eigenvalue weighted by atomic mass is 9.49. The van der Waals surface area contributed by atoms with Crippen LogP contribution >= 0.6 is 0 Å². The number of aromatic amines is 1. The van der Waals surface area contributed by atoms with Crippen LogP contribution in [0.2, 0.25) is 0 Å². The van der Waals surface area contributed by atoms with Gasteiger partial charge in [0.25, 0.3) is 5.56 Å². The monoisotopic (exact) mass is 396 g/mol. The van der Waals surface area contributed by atoms with Crippen molar-refractivity contribution in [3.8, 4) is 11.5 Å². The van der Waals surface area contributed by atoms with Crippen LogP contribution in [-0.4, -0.2) is 25.1 Å². The van der Waals surface area contributed by atoms with Gasteiger partial charge >= 0.3 is 0 Å². The number of pyridine rings is 1. The Morgan fingerprint density at radius 1 is 1.03 bits per heavy atom. The fourth-order valence-electron chi connectivity index (χ4n) is 6.46. The maximum atomic E-state index is 13.2. The molecule has 154 valence electrons. The lowest BCUT2D eigenvalue weighted by Crippen LogP contribution is -2.53. The van der Waals surface area contributed by atoms with Gasteiger partial charge in [-0.2, -0.15) is 0 Å². The molecular formula is C23H28N2O4. The molecule has 0 atom stereocenters. The molecule has 4 aliphatic carbocycles. The molecule has 2 aromatic rings. The standard InChI is InChI=1S/C23H28N2O4/c1-28-19-7-16-6-17(21(26)25-18(16)8-20(19)29-2)12-24-22(27)23-9-13-3-14(10-23)5-15(4-13)11-23/h6-8,13-15H,3-5,9-12H2,1-2H3,(H,24,27)(H,25,26). The fraction of sp³-hybridized carbons (Fsp3) is 0.565. The minimum atomic E-state index is -0.199. The smallest absolute Gasteiger partial charge is 0.253 e. The Labute approximate surface area is 170 Å². The molecule has 4 bridgehead atoms. The van der Waals surface area contributed by atoms with E-state index in [1.807, 2.05) is 12.1 Å². The van der Waals surface area contributed by atoms with E-state index >= 15 is 0 Å². The quantitative estimate of drug-likeness (QED) is 0.812. The first kappa shape index (κ1) is 18.5. The van der Waals surface area contributed by atoms with Gasteiger partial charge in [0.05, 0.1) is 19.7 Å². The van der Waals surface area contributed by atoms with Crippen LogP contribution in [0.25, 0.3) is 10.9 Å². The molecule has 1 aromatic carbocycles. The largest absolute Gasteiger partial charge is 0.493 e. The molecule has 1 amide bonds. The molecule has 0 radical (unpaired) electrons. The zero-order valence-corrected chi connectivity index (χ0v) is 17.0. The number of hydrogen-bond acceptors (Lipinski definition) is 4. The Morgan fingerprint density at radius 2 is 1.62 bits per heavy atom. The second-order valence-electron chi connectivity index (χ2n) is 9.30. The molecule has 29 heavy (non-hydrogen) atoms. The van der Waals surface area contributed by atoms with Gasteiger partial charge < -0.3 is 19.8 Å². The number of nitrogens with one attached hydrogen (secondary N) is 2. The van der Waals surface area contributed by atoms with Crippen molar-refractivity contribution < 1.29 is 14.3 Å². The van der Waals surface area contributed by atoms with E-state index in [0.29, 0.717) is 22.6 Å². The second kappa shape index (κ2) is 6.78. The molecule has 0 aliphatic heterocycles. The first-order valence-corrected chi connectivity index (χ1v) is 10.6. The molecule has 0 spiro atoms. The highest BCUT2D eigenvalue weighted by Crippen LogP contribution is 2.60. The van der Waals surface area contributed by atoms with Crippen LogP contribution in [0, 0.1) is 23.2 Å². The summed E-state index contributed by atoms with van der Waals surface area (Å²) in [6.45, 7) is 0.250. The number of benzene rings is 1. The minimum Gasteiger partial charge on any atom is -0.493 e. The van der Waals surface area contributed by atoms with Gasteiger partial charge in [-0.25, -0.2) is 0 Å². The Morgan fingerprint density at radius 3 is 2.21 bits per heavy atom. The average Bonchev–Trinajstić information content (AvgIpc) is 2.70. The molecule has 4 fully saturated rings. The number of rotatable bonds is 5. The summed E-state index contributed by atoms with van der Waals surface area (Å²) >= 11 is 0. The van der Waals surface area contributed by atoms with Gasteiger partial charge in [0.15, 0.2) is 11.5 Å². The average molecular weight is 396 g/mol. The molecule has 6 rings (SSSR count). The molecule has 4 aliphatic rings. The number of aromatic nitrogens is 1. The number of amides is 1. The second-order valence-corrected chi connectivity index (χ2v) is 9.30. The summed E-state index contributed by atoms with van der Waals surface area (Å²) in [5.74, 6) is 3.48. The SMILES string of the molecule is COc1cc2cc(CNC(=O)C34CC5CC(CC(C5)C3)C4)c(=O)[nH]c2cc1OC. The van der Waals surface area contributed by atoms with E-state index in [9.17, 15) is 9.59 Å². The Hall–Kier alpha value is -2.50. The summed E-state index contributed by atoms with van der Waals surface area (Å²) in [5, 5.41) is 3.95. The third kappa shape index (κ3) is 3.09. The van der Waals surface area contributed by atoms with Gasteiger partial charge in [-0.05, 0) is 68.4 Å². The van der Waals surface area contributed by atoms with Crippen molar-refractivity contribution in [2.24, 2.45) is 23.2 Å². The molecular weight excluding hydrogens is 368 g/mol. The summed E-state index contributed by atoms with van der Waals surface area (Å²) in [5.41, 5.74) is 0.858. The number of carbonyl (C=O) groups excluding carboxylic acids is 1. The number of ether oxygens (including phenoxy) is 2. The molecule has 0 unspecified atom stereocenters. The van der Waals surface area contributed by atoms with E-state index in [0.717, 1.165) is 42.4 Å². The third-order valence-corrected chi connectivity index (χ3v) is 7.38. The summed E-state index contributed by atoms with van der Waals surface area (Å²) in [4.78, 5) is 28.6. The topological polar surface area (TPSA) is 80.4 Å². The van der Waals surface area contributed by atoms with Crippen LogP contribution in [0.15, 0.2) is 23.0 Å². The predicted octanol–water partition coefficient (Wildman–Crippen LogP) is 3.38. The molecule has 6 heteroatoms. The number of fused-ring (bicyclic) bond motifs is 1. The summed E-state index contributed by atoms with van der Waals surface area (Å²) in [6, 6.07) is 5.43. The van der Waals surface area contributed by atoms with Crippen LogP contribution in [0.1, 0.15) is 44.1 Å². The van der Waals surface area contributed by atoms with Gasteiger partial charge in [-0.3, -0.25) is 9.59 Å². The highest BCUT2D eigenvalue weighted by atomic mass is 16.5. The van der Waals surface area contributed by atoms with Crippen molar-refractivity contribution >= 4 is 16.8 Å². The van der Waals surface area contributed by atoms with Crippen molar-refractivity contribution in [2.45, 2.75) is 45.1 Å². The van der Waals surface area contributed by atoms with E-state index in [1.165, 1.54) is 19.3 Å². The van der Waals surface area contributed by atoms with Gasteiger partial charge in [-0.15, -0.1) is 0 Å². The first-order valence-electron chi connectivity index (χ1n) is 10.6. The van der Waals surface area contributed by atoms with E-state index in [2.05, 4.69) is 10.3 Å². The zero-order valence-electron chi connectivity index (χ0n) is 17.0. The third-order valence-electron chi connectivity index (χ3n) is 7.38. The highest BCUT2D eigenvalue weighted by molar-refractivity contribution is 5.84. The minimum absolute atomic E-state index is 0.142. The maximum Gasteiger partial charge on any atom is 0.253 e. The number of H-pyrrole nitrogens is 1. The number of carbonyl (C=O) groups is 1. The van der Waals surface area contributed by atoms with E-state index < -0.39 is 0 Å². The molecule has 0 saturated heterocycles. The van der Waals surface area contributed by atoms with Crippen molar-refractivity contribution in [1.29, 1.82) is 0 Å².